The first-order valence-electron chi connectivity index (χ1n) is 8.77. The zero-order valence-electron chi connectivity index (χ0n) is 15.1. The Morgan fingerprint density at radius 3 is 2.40 bits per heavy atom. The van der Waals surface area contributed by atoms with Crippen molar-refractivity contribution < 1.29 is 22.7 Å². The first-order valence-corrected chi connectivity index (χ1v) is 8.77. The topological polar surface area (TPSA) is 52.3 Å². The second-order valence-corrected chi connectivity index (χ2v) is 7.30. The van der Waals surface area contributed by atoms with Crippen LogP contribution in [0.5, 0.6) is 0 Å². The van der Waals surface area contributed by atoms with Gasteiger partial charge in [-0.1, -0.05) is 27.7 Å². The van der Waals surface area contributed by atoms with Crippen LogP contribution in [0.3, 0.4) is 0 Å². The number of nitrogens with two attached hydrogens (primary N) is 1. The standard InChI is InChI=1S/C19H26F3NO2/c1-5-17(24)25-19(13-8-15(21)16(22)9-14(13)20)12(10(2)3)7-6-11(4)18(19)23/h8-12,18H,5-7,23H2,1-4H3/t11-,12?,18?,19?/m0/s1. The van der Waals surface area contributed by atoms with Crippen molar-refractivity contribution in [3.8, 4) is 0 Å². The van der Waals surface area contributed by atoms with Crippen LogP contribution in [0.25, 0.3) is 0 Å². The number of esters is 1. The van der Waals surface area contributed by atoms with Gasteiger partial charge in [0.15, 0.2) is 17.2 Å². The number of halogens is 3. The van der Waals surface area contributed by atoms with Gasteiger partial charge in [-0.3, -0.25) is 4.79 Å². The van der Waals surface area contributed by atoms with Gasteiger partial charge in [-0.2, -0.15) is 0 Å². The summed E-state index contributed by atoms with van der Waals surface area (Å²) in [5.74, 6) is -4.30. The summed E-state index contributed by atoms with van der Waals surface area (Å²) in [6, 6.07) is 0.569. The van der Waals surface area contributed by atoms with E-state index >= 15 is 0 Å². The fraction of sp³-hybridized carbons (Fsp3) is 0.632. The minimum atomic E-state index is -1.52. The Morgan fingerprint density at radius 2 is 1.84 bits per heavy atom. The van der Waals surface area contributed by atoms with Crippen LogP contribution in [0.15, 0.2) is 12.1 Å². The second-order valence-electron chi connectivity index (χ2n) is 7.30. The van der Waals surface area contributed by atoms with E-state index in [0.29, 0.717) is 12.5 Å². The molecule has 1 aromatic carbocycles. The van der Waals surface area contributed by atoms with E-state index in [9.17, 15) is 18.0 Å². The SMILES string of the molecule is CCC(=O)OC1(c2cc(F)c(F)cc2F)C(C(C)C)CC[C@H](C)C1N. The monoisotopic (exact) mass is 357 g/mol. The third-order valence-corrected chi connectivity index (χ3v) is 5.40. The van der Waals surface area contributed by atoms with Gasteiger partial charge in [0.05, 0.1) is 6.04 Å². The lowest BCUT2D eigenvalue weighted by atomic mass is 9.61. The summed E-state index contributed by atoms with van der Waals surface area (Å²) in [5, 5.41) is 0. The fourth-order valence-electron chi connectivity index (χ4n) is 4.00. The molecule has 0 heterocycles. The molecule has 4 atom stereocenters. The molecule has 3 nitrogen and oxygen atoms in total. The Hall–Kier alpha value is -1.56. The number of hydrogen-bond acceptors (Lipinski definition) is 3. The number of carbonyl (C=O) groups is 1. The Balaban J connectivity index is 2.75. The van der Waals surface area contributed by atoms with Gasteiger partial charge < -0.3 is 10.5 Å². The largest absolute Gasteiger partial charge is 0.452 e. The van der Waals surface area contributed by atoms with Crippen molar-refractivity contribution in [3.05, 3.63) is 35.1 Å². The van der Waals surface area contributed by atoms with Gasteiger partial charge >= 0.3 is 5.97 Å². The van der Waals surface area contributed by atoms with Crippen molar-refractivity contribution in [2.24, 2.45) is 23.5 Å². The van der Waals surface area contributed by atoms with Gasteiger partial charge in [0.2, 0.25) is 0 Å². The minimum Gasteiger partial charge on any atom is -0.452 e. The predicted octanol–water partition coefficient (Wildman–Crippen LogP) is 4.28. The van der Waals surface area contributed by atoms with Crippen molar-refractivity contribution in [1.29, 1.82) is 0 Å². The summed E-state index contributed by atoms with van der Waals surface area (Å²) >= 11 is 0. The molecule has 0 radical (unpaired) electrons. The molecule has 2 N–H and O–H groups in total. The number of benzene rings is 1. The molecule has 1 fully saturated rings. The molecule has 1 aliphatic carbocycles. The third-order valence-electron chi connectivity index (χ3n) is 5.40. The smallest absolute Gasteiger partial charge is 0.306 e. The maximum atomic E-state index is 14.7. The van der Waals surface area contributed by atoms with Crippen molar-refractivity contribution in [1.82, 2.24) is 0 Å². The number of carbonyl (C=O) groups excluding carboxylic acids is 1. The third kappa shape index (κ3) is 3.41. The highest BCUT2D eigenvalue weighted by Crippen LogP contribution is 2.50. The Kier molecular flexibility index (Phi) is 5.82. The molecule has 0 aromatic heterocycles. The van der Waals surface area contributed by atoms with Gasteiger partial charge in [-0.15, -0.1) is 0 Å². The van der Waals surface area contributed by atoms with E-state index in [1.54, 1.807) is 6.92 Å². The lowest BCUT2D eigenvalue weighted by Crippen LogP contribution is -2.60. The second kappa shape index (κ2) is 7.36. The molecule has 0 saturated heterocycles. The van der Waals surface area contributed by atoms with Crippen molar-refractivity contribution in [2.45, 2.75) is 58.6 Å². The quantitative estimate of drug-likeness (QED) is 0.646. The zero-order valence-corrected chi connectivity index (χ0v) is 15.1. The van der Waals surface area contributed by atoms with Crippen LogP contribution in [0.4, 0.5) is 13.2 Å². The van der Waals surface area contributed by atoms with E-state index in [1.165, 1.54) is 0 Å². The van der Waals surface area contributed by atoms with Crippen LogP contribution in [-0.4, -0.2) is 12.0 Å². The van der Waals surface area contributed by atoms with E-state index in [4.69, 9.17) is 10.5 Å². The van der Waals surface area contributed by atoms with Crippen LogP contribution in [0.2, 0.25) is 0 Å². The molecule has 140 valence electrons. The Bertz CT molecular complexity index is 650. The molecular weight excluding hydrogens is 331 g/mol. The van der Waals surface area contributed by atoms with Crippen LogP contribution >= 0.6 is 0 Å². The molecule has 1 aromatic rings. The normalized spacial score (nSPS) is 29.7. The molecular formula is C19H26F3NO2. The summed E-state index contributed by atoms with van der Waals surface area (Å²) in [6.07, 6.45) is 1.53. The molecule has 3 unspecified atom stereocenters. The summed E-state index contributed by atoms with van der Waals surface area (Å²) in [4.78, 5) is 12.2. The molecule has 0 aliphatic heterocycles. The summed E-state index contributed by atoms with van der Waals surface area (Å²) < 4.78 is 47.8. The van der Waals surface area contributed by atoms with E-state index < -0.39 is 35.1 Å². The lowest BCUT2D eigenvalue weighted by Gasteiger charge is -2.51. The van der Waals surface area contributed by atoms with Crippen LogP contribution < -0.4 is 5.73 Å². The highest BCUT2D eigenvalue weighted by molar-refractivity contribution is 5.70. The van der Waals surface area contributed by atoms with Crippen LogP contribution in [0, 0.1) is 35.2 Å². The van der Waals surface area contributed by atoms with E-state index in [1.807, 2.05) is 20.8 Å². The molecule has 0 amide bonds. The van der Waals surface area contributed by atoms with E-state index in [-0.39, 0.29) is 29.7 Å². The minimum absolute atomic E-state index is 0.00993. The first-order chi connectivity index (χ1) is 11.6. The lowest BCUT2D eigenvalue weighted by molar-refractivity contribution is -0.184. The van der Waals surface area contributed by atoms with E-state index in [0.717, 1.165) is 12.5 Å². The highest BCUT2D eigenvalue weighted by atomic mass is 19.2. The van der Waals surface area contributed by atoms with Crippen molar-refractivity contribution >= 4 is 5.97 Å². The van der Waals surface area contributed by atoms with Crippen molar-refractivity contribution in [2.75, 3.05) is 0 Å². The molecule has 25 heavy (non-hydrogen) atoms. The van der Waals surface area contributed by atoms with Crippen molar-refractivity contribution in [3.63, 3.8) is 0 Å². The number of ether oxygens (including phenoxy) is 1. The first kappa shape index (κ1) is 19.8. The summed E-state index contributed by atoms with van der Waals surface area (Å²) in [5.41, 5.74) is 4.73. The molecule has 0 spiro atoms. The Labute approximate surface area is 146 Å². The number of rotatable bonds is 4. The molecule has 6 heteroatoms. The maximum Gasteiger partial charge on any atom is 0.306 e. The zero-order chi connectivity index (χ0) is 18.9. The van der Waals surface area contributed by atoms with Gasteiger partial charge in [-0.25, -0.2) is 13.2 Å². The highest BCUT2D eigenvalue weighted by Gasteiger charge is 2.55. The average molecular weight is 357 g/mol. The fourth-order valence-corrected chi connectivity index (χ4v) is 4.00. The van der Waals surface area contributed by atoms with Crippen LogP contribution in [-0.2, 0) is 15.1 Å². The Morgan fingerprint density at radius 1 is 1.24 bits per heavy atom. The van der Waals surface area contributed by atoms with Crippen LogP contribution in [0.1, 0.15) is 52.5 Å². The van der Waals surface area contributed by atoms with Gasteiger partial charge in [-0.05, 0) is 30.7 Å². The number of hydrogen-bond donors (Lipinski definition) is 1. The predicted molar refractivity (Wildman–Crippen MR) is 89.1 cm³/mol. The van der Waals surface area contributed by atoms with E-state index in [2.05, 4.69) is 0 Å². The molecule has 0 bridgehead atoms. The summed E-state index contributed by atoms with van der Waals surface area (Å²) in [6.45, 7) is 7.38. The summed E-state index contributed by atoms with van der Waals surface area (Å²) in [7, 11) is 0. The molecule has 1 aliphatic rings. The van der Waals surface area contributed by atoms with Gasteiger partial charge in [0.1, 0.15) is 5.82 Å². The van der Waals surface area contributed by atoms with Gasteiger partial charge in [0, 0.05) is 24.0 Å². The molecule has 2 rings (SSSR count). The average Bonchev–Trinajstić information content (AvgIpc) is 2.54. The molecule has 1 saturated carbocycles. The van der Waals surface area contributed by atoms with Gasteiger partial charge in [0.25, 0.3) is 0 Å². The maximum absolute atomic E-state index is 14.7.